The molecule has 0 aliphatic heterocycles. The molecule has 26 heavy (non-hydrogen) atoms. The highest BCUT2D eigenvalue weighted by Gasteiger charge is 2.11. The zero-order valence-corrected chi connectivity index (χ0v) is 14.8. The van der Waals surface area contributed by atoms with Gasteiger partial charge in [-0.3, -0.25) is 9.59 Å². The van der Waals surface area contributed by atoms with Gasteiger partial charge in [0.15, 0.2) is 0 Å². The maximum absolute atomic E-state index is 12.2. The van der Waals surface area contributed by atoms with Crippen molar-refractivity contribution in [3.63, 3.8) is 0 Å². The molecule has 0 saturated heterocycles. The van der Waals surface area contributed by atoms with Crippen LogP contribution in [0.5, 0.6) is 0 Å². The minimum atomic E-state index is -0.922. The van der Waals surface area contributed by atoms with Crippen molar-refractivity contribution in [2.24, 2.45) is 0 Å². The van der Waals surface area contributed by atoms with Crippen LogP contribution in [0.15, 0.2) is 54.2 Å². The zero-order chi connectivity index (χ0) is 19.1. The van der Waals surface area contributed by atoms with Gasteiger partial charge < -0.3 is 15.7 Å². The maximum atomic E-state index is 12.2. The van der Waals surface area contributed by atoms with Crippen molar-refractivity contribution in [1.29, 1.82) is 5.26 Å². The fourth-order valence-corrected chi connectivity index (χ4v) is 2.32. The lowest BCUT2D eigenvalue weighted by Crippen LogP contribution is -2.14. The summed E-state index contributed by atoms with van der Waals surface area (Å²) < 4.78 is 0. The Hall–Kier alpha value is -3.01. The van der Waals surface area contributed by atoms with Crippen molar-refractivity contribution in [2.75, 3.05) is 10.6 Å². The molecule has 6 nitrogen and oxygen atoms in total. The number of hydrogen-bond acceptors (Lipinski definition) is 4. The summed E-state index contributed by atoms with van der Waals surface area (Å²) in [6.45, 7) is 0. The summed E-state index contributed by atoms with van der Waals surface area (Å²) in [5.74, 6) is -1.57. The van der Waals surface area contributed by atoms with E-state index in [9.17, 15) is 14.9 Å². The van der Waals surface area contributed by atoms with Gasteiger partial charge in [0.05, 0.1) is 17.1 Å². The van der Waals surface area contributed by atoms with E-state index in [4.69, 9.17) is 28.3 Å². The third kappa shape index (κ3) is 5.52. The number of carbonyl (C=O) groups excluding carboxylic acids is 1. The van der Waals surface area contributed by atoms with E-state index in [0.29, 0.717) is 27.0 Å². The van der Waals surface area contributed by atoms with E-state index in [-0.39, 0.29) is 12.0 Å². The molecule has 2 rings (SSSR count). The molecular formula is C18H13Cl2N3O3. The van der Waals surface area contributed by atoms with Crippen LogP contribution < -0.4 is 10.6 Å². The highest BCUT2D eigenvalue weighted by molar-refractivity contribution is 6.36. The number of amides is 1. The molecule has 132 valence electrons. The Labute approximate surface area is 159 Å². The molecule has 0 aliphatic rings. The van der Waals surface area contributed by atoms with Gasteiger partial charge >= 0.3 is 5.97 Å². The minimum absolute atomic E-state index is 0.0810. The Bertz CT molecular complexity index is 903. The standard InChI is InChI=1S/C18H13Cl2N3O3/c19-13-3-6-15(20)16(8-13)23-18(26)12(9-21)10-22-14-4-1-11(2-5-14)7-17(24)25/h1-6,8,10,22H,7H2,(H,23,26)(H,24,25)/b12-10-. The molecule has 0 bridgehead atoms. The third-order valence-corrected chi connectivity index (χ3v) is 3.80. The van der Waals surface area contributed by atoms with Gasteiger partial charge in [0.25, 0.3) is 5.91 Å². The van der Waals surface area contributed by atoms with Gasteiger partial charge in [-0.2, -0.15) is 5.26 Å². The molecule has 2 aromatic carbocycles. The molecule has 2 aromatic rings. The van der Waals surface area contributed by atoms with Gasteiger partial charge in [0, 0.05) is 16.9 Å². The highest BCUT2D eigenvalue weighted by atomic mass is 35.5. The van der Waals surface area contributed by atoms with E-state index >= 15 is 0 Å². The largest absolute Gasteiger partial charge is 0.481 e. The van der Waals surface area contributed by atoms with Gasteiger partial charge in [0.2, 0.25) is 0 Å². The molecule has 0 unspecified atom stereocenters. The summed E-state index contributed by atoms with van der Waals surface area (Å²) in [5.41, 5.74) is 1.36. The van der Waals surface area contributed by atoms with Gasteiger partial charge in [-0.25, -0.2) is 0 Å². The summed E-state index contributed by atoms with van der Waals surface area (Å²) in [7, 11) is 0. The second-order valence-corrected chi connectivity index (χ2v) is 6.00. The van der Waals surface area contributed by atoms with Crippen molar-refractivity contribution in [3.8, 4) is 6.07 Å². The fraction of sp³-hybridized carbons (Fsp3) is 0.0556. The maximum Gasteiger partial charge on any atom is 0.307 e. The zero-order valence-electron chi connectivity index (χ0n) is 13.3. The average Bonchev–Trinajstić information content (AvgIpc) is 2.59. The average molecular weight is 390 g/mol. The van der Waals surface area contributed by atoms with Crippen LogP contribution in [0.3, 0.4) is 0 Å². The van der Waals surface area contributed by atoms with E-state index < -0.39 is 11.9 Å². The normalized spacial score (nSPS) is 10.7. The number of nitriles is 1. The van der Waals surface area contributed by atoms with E-state index in [1.54, 1.807) is 36.4 Å². The molecule has 8 heteroatoms. The van der Waals surface area contributed by atoms with E-state index in [0.717, 1.165) is 0 Å². The number of hydrogen-bond donors (Lipinski definition) is 3. The minimum Gasteiger partial charge on any atom is -0.481 e. The molecule has 0 spiro atoms. The first kappa shape index (κ1) is 19.3. The molecule has 0 aromatic heterocycles. The van der Waals surface area contributed by atoms with Crippen molar-refractivity contribution in [1.82, 2.24) is 0 Å². The summed E-state index contributed by atoms with van der Waals surface area (Å²) >= 11 is 11.8. The van der Waals surface area contributed by atoms with E-state index in [2.05, 4.69) is 10.6 Å². The second kappa shape index (κ2) is 8.90. The quantitative estimate of drug-likeness (QED) is 0.510. The number of carboxylic acid groups (broad SMARTS) is 1. The molecule has 3 N–H and O–H groups in total. The predicted octanol–water partition coefficient (Wildman–Crippen LogP) is 4.08. The SMILES string of the molecule is N#C/C(=C/Nc1ccc(CC(=O)O)cc1)C(=O)Nc1cc(Cl)ccc1Cl. The van der Waals surface area contributed by atoms with Crippen LogP contribution in [0.2, 0.25) is 10.0 Å². The van der Waals surface area contributed by atoms with E-state index in [1.165, 1.54) is 18.3 Å². The number of benzene rings is 2. The molecule has 0 fully saturated rings. The van der Waals surface area contributed by atoms with Crippen molar-refractivity contribution in [3.05, 3.63) is 69.8 Å². The van der Waals surface area contributed by atoms with Gasteiger partial charge in [0.1, 0.15) is 11.6 Å². The molecule has 0 saturated carbocycles. The Morgan fingerprint density at radius 3 is 2.46 bits per heavy atom. The molecule has 0 atom stereocenters. The van der Waals surface area contributed by atoms with Crippen molar-refractivity contribution < 1.29 is 14.7 Å². The lowest BCUT2D eigenvalue weighted by atomic mass is 10.1. The van der Waals surface area contributed by atoms with Gasteiger partial charge in [-0.1, -0.05) is 35.3 Å². The summed E-state index contributed by atoms with van der Waals surface area (Å²) in [4.78, 5) is 22.8. The van der Waals surface area contributed by atoms with Crippen molar-refractivity contribution >= 4 is 46.5 Å². The predicted molar refractivity (Wildman–Crippen MR) is 100 cm³/mol. The first-order chi connectivity index (χ1) is 12.4. The molecular weight excluding hydrogens is 377 g/mol. The summed E-state index contributed by atoms with van der Waals surface area (Å²) in [5, 5.41) is 23.9. The Kier molecular flexibility index (Phi) is 6.61. The lowest BCUT2D eigenvalue weighted by molar-refractivity contribution is -0.136. The first-order valence-corrected chi connectivity index (χ1v) is 8.08. The number of nitrogens with one attached hydrogen (secondary N) is 2. The monoisotopic (exact) mass is 389 g/mol. The molecule has 0 aliphatic carbocycles. The smallest absolute Gasteiger partial charge is 0.307 e. The van der Waals surface area contributed by atoms with Crippen LogP contribution >= 0.6 is 23.2 Å². The number of halogens is 2. The van der Waals surface area contributed by atoms with Crippen molar-refractivity contribution in [2.45, 2.75) is 6.42 Å². The highest BCUT2D eigenvalue weighted by Crippen LogP contribution is 2.25. The Balaban J connectivity index is 2.07. The van der Waals surface area contributed by atoms with Crippen LogP contribution in [0.4, 0.5) is 11.4 Å². The van der Waals surface area contributed by atoms with Crippen LogP contribution in [0.1, 0.15) is 5.56 Å². The van der Waals surface area contributed by atoms with Crippen LogP contribution in [-0.4, -0.2) is 17.0 Å². The third-order valence-electron chi connectivity index (χ3n) is 3.23. The molecule has 0 radical (unpaired) electrons. The second-order valence-electron chi connectivity index (χ2n) is 5.16. The Morgan fingerprint density at radius 2 is 1.85 bits per heavy atom. The molecule has 1 amide bonds. The topological polar surface area (TPSA) is 102 Å². The van der Waals surface area contributed by atoms with Crippen LogP contribution in [0.25, 0.3) is 0 Å². The van der Waals surface area contributed by atoms with Gasteiger partial charge in [-0.05, 0) is 35.9 Å². The number of nitrogens with zero attached hydrogens (tertiary/aromatic N) is 1. The number of rotatable bonds is 6. The number of carboxylic acids is 1. The first-order valence-electron chi connectivity index (χ1n) is 7.33. The van der Waals surface area contributed by atoms with Gasteiger partial charge in [-0.15, -0.1) is 0 Å². The lowest BCUT2D eigenvalue weighted by Gasteiger charge is -2.07. The van der Waals surface area contributed by atoms with E-state index in [1.807, 2.05) is 0 Å². The fourth-order valence-electron chi connectivity index (χ4n) is 1.98. The molecule has 0 heterocycles. The number of aliphatic carboxylic acids is 1. The Morgan fingerprint density at radius 1 is 1.15 bits per heavy atom. The van der Waals surface area contributed by atoms with Crippen LogP contribution in [0, 0.1) is 11.3 Å². The summed E-state index contributed by atoms with van der Waals surface area (Å²) in [6.07, 6.45) is 1.17. The summed E-state index contributed by atoms with van der Waals surface area (Å²) in [6, 6.07) is 13.0. The number of carbonyl (C=O) groups is 2. The van der Waals surface area contributed by atoms with Crippen LogP contribution in [-0.2, 0) is 16.0 Å². The number of anilines is 2.